The fourth-order valence-electron chi connectivity index (χ4n) is 1.29. The number of thiophene rings is 1. The third-order valence-corrected chi connectivity index (χ3v) is 3.96. The van der Waals surface area contributed by atoms with Gasteiger partial charge in [-0.15, -0.1) is 22.7 Å². The minimum Gasteiger partial charge on any atom is -0.478 e. The first-order valence-electron chi connectivity index (χ1n) is 5.29. The van der Waals surface area contributed by atoms with E-state index in [0.717, 1.165) is 11.0 Å². The van der Waals surface area contributed by atoms with Crippen molar-refractivity contribution in [3.8, 4) is 0 Å². The van der Waals surface area contributed by atoms with Gasteiger partial charge in [0.2, 0.25) is 0 Å². The van der Waals surface area contributed by atoms with Crippen molar-refractivity contribution in [1.82, 2.24) is 4.98 Å². The molecular weight excluding hydrogens is 284 g/mol. The van der Waals surface area contributed by atoms with Gasteiger partial charge in [0.1, 0.15) is 0 Å². The van der Waals surface area contributed by atoms with Crippen LogP contribution in [0, 0.1) is 6.92 Å². The number of hydrogen-bond donors (Lipinski definition) is 2. The Morgan fingerprint density at radius 2 is 2.16 bits per heavy atom. The molecule has 2 aromatic rings. The van der Waals surface area contributed by atoms with Gasteiger partial charge in [0.25, 0.3) is 5.91 Å². The van der Waals surface area contributed by atoms with Crippen molar-refractivity contribution in [2.24, 2.45) is 0 Å². The Kier molecular flexibility index (Phi) is 4.08. The van der Waals surface area contributed by atoms with Crippen LogP contribution in [0.25, 0.3) is 6.08 Å². The number of aromatic nitrogens is 1. The van der Waals surface area contributed by atoms with Crippen molar-refractivity contribution in [3.05, 3.63) is 39.0 Å². The van der Waals surface area contributed by atoms with Crippen molar-refractivity contribution in [2.45, 2.75) is 6.92 Å². The fraction of sp³-hybridized carbons (Fsp3) is 0.0833. The highest BCUT2D eigenvalue weighted by Gasteiger charge is 2.10. The molecule has 0 fully saturated rings. The Morgan fingerprint density at radius 1 is 1.37 bits per heavy atom. The predicted octanol–water partition coefficient (Wildman–Crippen LogP) is 2.86. The number of carboxylic acids is 1. The molecule has 0 saturated heterocycles. The number of aryl methyl sites for hydroxylation is 1. The number of nitrogens with one attached hydrogen (secondary N) is 1. The molecule has 19 heavy (non-hydrogen) atoms. The van der Waals surface area contributed by atoms with Crippen LogP contribution < -0.4 is 5.32 Å². The highest BCUT2D eigenvalue weighted by Crippen LogP contribution is 2.21. The van der Waals surface area contributed by atoms with Crippen LogP contribution in [-0.2, 0) is 4.79 Å². The molecule has 2 N–H and O–H groups in total. The van der Waals surface area contributed by atoms with Crippen LogP contribution in [0.3, 0.4) is 0 Å². The van der Waals surface area contributed by atoms with E-state index in [1.54, 1.807) is 18.3 Å². The highest BCUT2D eigenvalue weighted by atomic mass is 32.1. The van der Waals surface area contributed by atoms with E-state index < -0.39 is 5.97 Å². The number of rotatable bonds is 4. The molecule has 0 bridgehead atoms. The van der Waals surface area contributed by atoms with Crippen molar-refractivity contribution >= 4 is 45.8 Å². The summed E-state index contributed by atoms with van der Waals surface area (Å²) in [6, 6.07) is 3.36. The standard InChI is InChI=1S/C12H10N2O3S2/c1-7-6-13-12(18-7)14-11(17)9-4-2-8(19-9)3-5-10(15)16/h2-6H,1H3,(H,15,16)(H,13,14,17). The van der Waals surface area contributed by atoms with Gasteiger partial charge in [-0.2, -0.15) is 0 Å². The largest absolute Gasteiger partial charge is 0.478 e. The van der Waals surface area contributed by atoms with Crippen molar-refractivity contribution in [1.29, 1.82) is 0 Å². The van der Waals surface area contributed by atoms with E-state index in [1.165, 1.54) is 28.7 Å². The van der Waals surface area contributed by atoms with E-state index in [-0.39, 0.29) is 5.91 Å². The van der Waals surface area contributed by atoms with Crippen LogP contribution >= 0.6 is 22.7 Å². The van der Waals surface area contributed by atoms with Gasteiger partial charge < -0.3 is 5.11 Å². The van der Waals surface area contributed by atoms with Crippen molar-refractivity contribution in [2.75, 3.05) is 5.32 Å². The van der Waals surface area contributed by atoms with E-state index in [1.807, 2.05) is 6.92 Å². The van der Waals surface area contributed by atoms with Gasteiger partial charge in [-0.1, -0.05) is 0 Å². The number of aliphatic carboxylic acids is 1. The summed E-state index contributed by atoms with van der Waals surface area (Å²) in [6.45, 7) is 1.91. The van der Waals surface area contributed by atoms with Gasteiger partial charge in [0, 0.05) is 22.0 Å². The van der Waals surface area contributed by atoms with Gasteiger partial charge in [-0.3, -0.25) is 10.1 Å². The minimum atomic E-state index is -1.02. The molecule has 0 aliphatic carbocycles. The van der Waals surface area contributed by atoms with E-state index in [0.29, 0.717) is 14.9 Å². The van der Waals surface area contributed by atoms with Crippen LogP contribution in [-0.4, -0.2) is 22.0 Å². The lowest BCUT2D eigenvalue weighted by Gasteiger charge is -1.97. The van der Waals surface area contributed by atoms with Gasteiger partial charge in [0.05, 0.1) is 4.88 Å². The molecule has 1 amide bonds. The molecule has 0 aliphatic heterocycles. The summed E-state index contributed by atoms with van der Waals surface area (Å²) >= 11 is 2.63. The van der Waals surface area contributed by atoms with Crippen LogP contribution in [0.2, 0.25) is 0 Å². The SMILES string of the molecule is Cc1cnc(NC(=O)c2ccc(C=CC(=O)O)s2)s1. The zero-order valence-electron chi connectivity index (χ0n) is 9.91. The molecule has 0 unspecified atom stereocenters. The second-order valence-corrected chi connectivity index (χ2v) is 5.95. The van der Waals surface area contributed by atoms with Crippen LogP contribution in [0.15, 0.2) is 24.4 Å². The fourth-order valence-corrected chi connectivity index (χ4v) is 2.75. The number of anilines is 1. The van der Waals surface area contributed by atoms with Gasteiger partial charge in [-0.05, 0) is 25.1 Å². The second kappa shape index (κ2) is 5.77. The molecule has 7 heteroatoms. The van der Waals surface area contributed by atoms with Gasteiger partial charge in [-0.25, -0.2) is 9.78 Å². The molecule has 2 aromatic heterocycles. The monoisotopic (exact) mass is 294 g/mol. The number of carbonyl (C=O) groups is 2. The third-order valence-electron chi connectivity index (χ3n) is 2.08. The maximum absolute atomic E-state index is 11.9. The molecule has 0 aliphatic rings. The number of hydrogen-bond acceptors (Lipinski definition) is 5. The topological polar surface area (TPSA) is 79.3 Å². The molecule has 0 spiro atoms. The van der Waals surface area contributed by atoms with Crippen LogP contribution in [0.5, 0.6) is 0 Å². The van der Waals surface area contributed by atoms with Crippen molar-refractivity contribution < 1.29 is 14.7 Å². The zero-order valence-corrected chi connectivity index (χ0v) is 11.5. The molecule has 0 aromatic carbocycles. The number of nitrogens with zero attached hydrogens (tertiary/aromatic N) is 1. The first-order valence-corrected chi connectivity index (χ1v) is 6.92. The summed E-state index contributed by atoms with van der Waals surface area (Å²) in [5.74, 6) is -1.26. The Bertz CT molecular complexity index is 643. The molecule has 0 saturated carbocycles. The van der Waals surface area contributed by atoms with Gasteiger partial charge in [0.15, 0.2) is 5.13 Å². The number of thiazole rings is 1. The van der Waals surface area contributed by atoms with E-state index in [9.17, 15) is 9.59 Å². The summed E-state index contributed by atoms with van der Waals surface area (Å²) in [4.78, 5) is 28.6. The lowest BCUT2D eigenvalue weighted by atomic mass is 10.4. The maximum atomic E-state index is 11.9. The molecule has 0 atom stereocenters. The average molecular weight is 294 g/mol. The third kappa shape index (κ3) is 3.73. The van der Waals surface area contributed by atoms with E-state index >= 15 is 0 Å². The predicted molar refractivity (Wildman–Crippen MR) is 75.8 cm³/mol. The Morgan fingerprint density at radius 3 is 2.79 bits per heavy atom. The number of carbonyl (C=O) groups excluding carboxylic acids is 1. The second-order valence-electron chi connectivity index (χ2n) is 3.60. The summed E-state index contributed by atoms with van der Waals surface area (Å²) in [5.41, 5.74) is 0. The average Bonchev–Trinajstić information content (AvgIpc) is 2.95. The summed E-state index contributed by atoms with van der Waals surface area (Å²) < 4.78 is 0. The normalized spacial score (nSPS) is 10.8. The molecule has 2 heterocycles. The lowest BCUT2D eigenvalue weighted by molar-refractivity contribution is -0.131. The smallest absolute Gasteiger partial charge is 0.328 e. The summed E-state index contributed by atoms with van der Waals surface area (Å²) in [6.07, 6.45) is 4.19. The number of carboxylic acid groups (broad SMARTS) is 1. The molecule has 2 rings (SSSR count). The molecular formula is C12H10N2O3S2. The minimum absolute atomic E-state index is 0.241. The summed E-state index contributed by atoms with van der Waals surface area (Å²) in [5, 5.41) is 11.8. The number of amides is 1. The highest BCUT2D eigenvalue weighted by molar-refractivity contribution is 7.16. The first kappa shape index (κ1) is 13.4. The molecule has 5 nitrogen and oxygen atoms in total. The lowest BCUT2D eigenvalue weighted by Crippen LogP contribution is -2.09. The van der Waals surface area contributed by atoms with E-state index in [2.05, 4.69) is 10.3 Å². The maximum Gasteiger partial charge on any atom is 0.328 e. The Labute approximate surface area is 117 Å². The van der Waals surface area contributed by atoms with Crippen LogP contribution in [0.1, 0.15) is 19.4 Å². The Hall–Kier alpha value is -1.99. The zero-order chi connectivity index (χ0) is 13.8. The van der Waals surface area contributed by atoms with Gasteiger partial charge >= 0.3 is 5.97 Å². The summed E-state index contributed by atoms with van der Waals surface area (Å²) in [7, 11) is 0. The first-order chi connectivity index (χ1) is 9.04. The van der Waals surface area contributed by atoms with E-state index in [4.69, 9.17) is 5.11 Å². The van der Waals surface area contributed by atoms with Crippen molar-refractivity contribution in [3.63, 3.8) is 0 Å². The molecule has 98 valence electrons. The Balaban J connectivity index is 2.06. The quantitative estimate of drug-likeness (QED) is 0.850. The molecule has 0 radical (unpaired) electrons. The van der Waals surface area contributed by atoms with Crippen LogP contribution in [0.4, 0.5) is 5.13 Å².